The minimum absolute atomic E-state index is 0.604. The fourth-order valence-electron chi connectivity index (χ4n) is 3.56. The molecule has 0 fully saturated rings. The monoisotopic (exact) mass is 354 g/mol. The van der Waals surface area contributed by atoms with Gasteiger partial charge in [-0.1, -0.05) is 97.3 Å². The van der Waals surface area contributed by atoms with Gasteiger partial charge in [0, 0.05) is 5.22 Å². The first-order valence-electron chi connectivity index (χ1n) is 11.4. The highest BCUT2D eigenvalue weighted by molar-refractivity contribution is 4.49. The Balaban J connectivity index is 3.52. The molecule has 25 heavy (non-hydrogen) atoms. The van der Waals surface area contributed by atoms with Crippen LogP contribution in [0.2, 0.25) is 0 Å². The van der Waals surface area contributed by atoms with Crippen LogP contribution < -0.4 is 0 Å². The second-order valence-corrected chi connectivity index (χ2v) is 8.19. The van der Waals surface area contributed by atoms with Gasteiger partial charge in [-0.15, -0.1) is 0 Å². The molecule has 3 nitrogen and oxygen atoms in total. The number of rotatable bonds is 20. The second-order valence-electron chi connectivity index (χ2n) is 8.19. The average molecular weight is 355 g/mol. The highest BCUT2D eigenvalue weighted by Crippen LogP contribution is 2.15. The summed E-state index contributed by atoms with van der Waals surface area (Å²) >= 11 is 0. The molecular formula is C22H48N3+. The van der Waals surface area contributed by atoms with E-state index in [-0.39, 0.29) is 0 Å². The number of nitrogens with zero attached hydrogens (tertiary/aromatic N) is 2. The number of nitrogens with one attached hydrogen (secondary N) is 1. The number of quaternary nitrogens is 1. The maximum atomic E-state index is 7.56. The minimum Gasteiger partial charge on any atom is -0.181 e. The van der Waals surface area contributed by atoms with E-state index in [0.29, 0.717) is 4.59 Å². The molecule has 0 radical (unpaired) electrons. The molecule has 0 heterocycles. The van der Waals surface area contributed by atoms with Gasteiger partial charge in [0.2, 0.25) is 0 Å². The lowest BCUT2D eigenvalue weighted by Gasteiger charge is -2.25. The zero-order valence-electron chi connectivity index (χ0n) is 17.8. The minimum atomic E-state index is 0.604. The molecule has 0 aliphatic rings. The second kappa shape index (κ2) is 18.4. The molecule has 0 aromatic heterocycles. The number of hydrogen-bond donors (Lipinski definition) is 1. The fraction of sp³-hybridized carbons (Fsp3) is 1.00. The van der Waals surface area contributed by atoms with Gasteiger partial charge in [-0.05, 0) is 25.7 Å². The van der Waals surface area contributed by atoms with E-state index in [4.69, 9.17) is 5.53 Å². The standard InChI is InChI=1S/C22H48N3/c1-4-6-8-10-12-14-16-18-20-22-25(3,24-23)21-19-17-15-13-11-9-7-5-2/h23H,4-22H2,1-3H3/q+1. The molecule has 0 saturated heterocycles. The van der Waals surface area contributed by atoms with Crippen molar-refractivity contribution in [2.75, 3.05) is 20.1 Å². The Hall–Kier alpha value is -0.440. The van der Waals surface area contributed by atoms with E-state index in [1.54, 1.807) is 0 Å². The molecule has 3 heteroatoms. The first kappa shape index (κ1) is 24.6. The van der Waals surface area contributed by atoms with Crippen LogP contribution >= 0.6 is 0 Å². The third-order valence-corrected chi connectivity index (χ3v) is 5.48. The number of unbranched alkanes of at least 4 members (excludes halogenated alkanes) is 15. The van der Waals surface area contributed by atoms with Crippen LogP contribution in [0.5, 0.6) is 0 Å². The van der Waals surface area contributed by atoms with Crippen LogP contribution in [0.15, 0.2) is 5.22 Å². The lowest BCUT2D eigenvalue weighted by Crippen LogP contribution is -2.39. The molecule has 150 valence electrons. The van der Waals surface area contributed by atoms with Gasteiger partial charge in [-0.25, -0.2) is 0 Å². The van der Waals surface area contributed by atoms with Crippen LogP contribution in [-0.4, -0.2) is 24.7 Å². The summed E-state index contributed by atoms with van der Waals surface area (Å²) < 4.78 is 0.604. The maximum absolute atomic E-state index is 7.56. The van der Waals surface area contributed by atoms with E-state index in [1.165, 1.54) is 109 Å². The van der Waals surface area contributed by atoms with E-state index in [0.717, 1.165) is 13.1 Å². The molecule has 0 saturated carbocycles. The molecule has 0 aromatic carbocycles. The summed E-state index contributed by atoms with van der Waals surface area (Å²) in [6.07, 6.45) is 23.1. The maximum Gasteiger partial charge on any atom is 0.104 e. The molecule has 0 bridgehead atoms. The molecule has 1 unspecified atom stereocenters. The summed E-state index contributed by atoms with van der Waals surface area (Å²) in [4.78, 5) is 0. The predicted octanol–water partition coefficient (Wildman–Crippen LogP) is 8.05. The van der Waals surface area contributed by atoms with E-state index >= 15 is 0 Å². The Kier molecular flexibility index (Phi) is 18.0. The van der Waals surface area contributed by atoms with Gasteiger partial charge < -0.3 is 0 Å². The number of hydrogen-bond acceptors (Lipinski definition) is 2. The van der Waals surface area contributed by atoms with E-state index in [2.05, 4.69) is 26.1 Å². The Morgan fingerprint density at radius 3 is 1.08 bits per heavy atom. The van der Waals surface area contributed by atoms with Gasteiger partial charge in [-0.2, -0.15) is 10.1 Å². The Labute approximate surface area is 159 Å². The van der Waals surface area contributed by atoms with Crippen molar-refractivity contribution in [1.29, 1.82) is 5.53 Å². The summed E-state index contributed by atoms with van der Waals surface area (Å²) in [6, 6.07) is 0. The van der Waals surface area contributed by atoms with E-state index in [1.807, 2.05) is 0 Å². The highest BCUT2D eigenvalue weighted by atomic mass is 15.6. The molecule has 0 aromatic rings. The lowest BCUT2D eigenvalue weighted by atomic mass is 10.1. The van der Waals surface area contributed by atoms with Crippen molar-refractivity contribution >= 4 is 0 Å². The fourth-order valence-corrected chi connectivity index (χ4v) is 3.56. The summed E-state index contributed by atoms with van der Waals surface area (Å²) in [5.74, 6) is 0. The summed E-state index contributed by atoms with van der Waals surface area (Å²) in [5.41, 5.74) is 7.56. The SMILES string of the molecule is CCCCCCCCCCC[N+](C)(CCCCCCCCCC)N=N. The average Bonchev–Trinajstić information content (AvgIpc) is 2.62. The zero-order chi connectivity index (χ0) is 18.6. The molecule has 1 atom stereocenters. The van der Waals surface area contributed by atoms with Crippen molar-refractivity contribution in [2.45, 2.75) is 123 Å². The summed E-state index contributed by atoms with van der Waals surface area (Å²) in [7, 11) is 2.14. The lowest BCUT2D eigenvalue weighted by molar-refractivity contribution is -0.923. The normalized spacial score (nSPS) is 13.7. The first-order valence-corrected chi connectivity index (χ1v) is 11.4. The third kappa shape index (κ3) is 16.8. The van der Waals surface area contributed by atoms with Gasteiger partial charge in [0.05, 0.1) is 7.05 Å². The largest absolute Gasteiger partial charge is 0.181 e. The van der Waals surface area contributed by atoms with Gasteiger partial charge in [0.1, 0.15) is 13.1 Å². The van der Waals surface area contributed by atoms with Gasteiger partial charge in [0.15, 0.2) is 0 Å². The van der Waals surface area contributed by atoms with Gasteiger partial charge in [0.25, 0.3) is 0 Å². The van der Waals surface area contributed by atoms with Crippen LogP contribution in [-0.2, 0) is 0 Å². The zero-order valence-corrected chi connectivity index (χ0v) is 17.8. The molecule has 0 amide bonds. The van der Waals surface area contributed by atoms with Crippen molar-refractivity contribution in [2.24, 2.45) is 5.22 Å². The Morgan fingerprint density at radius 1 is 0.520 bits per heavy atom. The topological polar surface area (TPSA) is 36.2 Å². The smallest absolute Gasteiger partial charge is 0.104 e. The molecule has 0 aliphatic carbocycles. The van der Waals surface area contributed by atoms with Gasteiger partial charge >= 0.3 is 0 Å². The quantitative estimate of drug-likeness (QED) is 0.0993. The van der Waals surface area contributed by atoms with Gasteiger partial charge in [-0.3, -0.25) is 0 Å². The van der Waals surface area contributed by atoms with Crippen molar-refractivity contribution in [3.8, 4) is 0 Å². The van der Waals surface area contributed by atoms with Crippen molar-refractivity contribution in [3.63, 3.8) is 0 Å². The van der Waals surface area contributed by atoms with Crippen molar-refractivity contribution < 1.29 is 4.59 Å². The van der Waals surface area contributed by atoms with Crippen LogP contribution in [0.25, 0.3) is 0 Å². The Morgan fingerprint density at radius 2 is 0.800 bits per heavy atom. The molecule has 0 spiro atoms. The van der Waals surface area contributed by atoms with Crippen molar-refractivity contribution in [1.82, 2.24) is 0 Å². The third-order valence-electron chi connectivity index (χ3n) is 5.48. The highest BCUT2D eigenvalue weighted by Gasteiger charge is 2.20. The molecule has 0 aliphatic heterocycles. The Bertz CT molecular complexity index is 280. The van der Waals surface area contributed by atoms with E-state index in [9.17, 15) is 0 Å². The molecule has 0 rings (SSSR count). The molecular weight excluding hydrogens is 306 g/mol. The summed E-state index contributed by atoms with van der Waals surface area (Å²) in [5, 5.41) is 3.93. The summed E-state index contributed by atoms with van der Waals surface area (Å²) in [6.45, 7) is 6.66. The van der Waals surface area contributed by atoms with Crippen LogP contribution in [0.3, 0.4) is 0 Å². The van der Waals surface area contributed by atoms with Crippen LogP contribution in [0.1, 0.15) is 123 Å². The van der Waals surface area contributed by atoms with E-state index < -0.39 is 0 Å². The van der Waals surface area contributed by atoms with Crippen molar-refractivity contribution in [3.05, 3.63) is 0 Å². The first-order chi connectivity index (χ1) is 12.2. The van der Waals surface area contributed by atoms with Crippen LogP contribution in [0.4, 0.5) is 0 Å². The predicted molar refractivity (Wildman–Crippen MR) is 111 cm³/mol. The van der Waals surface area contributed by atoms with Crippen LogP contribution in [0, 0.1) is 5.53 Å². The molecule has 1 N–H and O–H groups in total.